The maximum absolute atomic E-state index is 13.3. The van der Waals surface area contributed by atoms with Crippen LogP contribution in [0.1, 0.15) is 56.9 Å². The SMILES string of the molecule is CC(C)(C)OC(=O)N1CCC(N(C(=O)c2ccc3c(n2)NC(=O)CS3)C2CC2)CC1. The molecule has 30 heavy (non-hydrogen) atoms. The number of hydrogen-bond acceptors (Lipinski definition) is 6. The number of pyridine rings is 1. The number of thioether (sulfide) groups is 1. The molecule has 0 bridgehead atoms. The molecule has 1 saturated carbocycles. The molecule has 8 nitrogen and oxygen atoms in total. The van der Waals surface area contributed by atoms with Gasteiger partial charge in [0.2, 0.25) is 5.91 Å². The Morgan fingerprint density at radius 1 is 1.17 bits per heavy atom. The van der Waals surface area contributed by atoms with Gasteiger partial charge in [-0.25, -0.2) is 9.78 Å². The summed E-state index contributed by atoms with van der Waals surface area (Å²) in [5.74, 6) is 0.642. The number of fused-ring (bicyclic) bond motifs is 1. The topological polar surface area (TPSA) is 91.8 Å². The lowest BCUT2D eigenvalue weighted by molar-refractivity contribution is -0.113. The smallest absolute Gasteiger partial charge is 0.410 e. The third-order valence-corrected chi connectivity index (χ3v) is 6.43. The van der Waals surface area contributed by atoms with Crippen LogP contribution in [0, 0.1) is 0 Å². The number of ether oxygens (including phenoxy) is 1. The largest absolute Gasteiger partial charge is 0.444 e. The van der Waals surface area contributed by atoms with E-state index in [-0.39, 0.29) is 30.0 Å². The van der Waals surface area contributed by atoms with E-state index in [4.69, 9.17) is 4.74 Å². The summed E-state index contributed by atoms with van der Waals surface area (Å²) in [7, 11) is 0. The van der Waals surface area contributed by atoms with Crippen molar-refractivity contribution >= 4 is 35.5 Å². The number of aromatic nitrogens is 1. The molecule has 9 heteroatoms. The lowest BCUT2D eigenvalue weighted by Gasteiger charge is -2.39. The van der Waals surface area contributed by atoms with Crippen molar-refractivity contribution < 1.29 is 19.1 Å². The van der Waals surface area contributed by atoms with Gasteiger partial charge in [0, 0.05) is 25.2 Å². The van der Waals surface area contributed by atoms with Crippen LogP contribution in [0.3, 0.4) is 0 Å². The number of nitrogens with one attached hydrogen (secondary N) is 1. The molecule has 0 atom stereocenters. The maximum atomic E-state index is 13.3. The molecule has 4 rings (SSSR count). The second-order valence-corrected chi connectivity index (χ2v) is 10.0. The van der Waals surface area contributed by atoms with E-state index in [1.807, 2.05) is 31.7 Å². The van der Waals surface area contributed by atoms with Gasteiger partial charge in [-0.3, -0.25) is 9.59 Å². The van der Waals surface area contributed by atoms with Crippen LogP contribution in [0.25, 0.3) is 0 Å². The van der Waals surface area contributed by atoms with Gasteiger partial charge < -0.3 is 19.9 Å². The van der Waals surface area contributed by atoms with Crippen molar-refractivity contribution in [1.29, 1.82) is 0 Å². The Hall–Kier alpha value is -2.29. The molecule has 0 unspecified atom stereocenters. The summed E-state index contributed by atoms with van der Waals surface area (Å²) in [6, 6.07) is 3.91. The fraction of sp³-hybridized carbons (Fsp3) is 0.619. The van der Waals surface area contributed by atoms with E-state index in [9.17, 15) is 14.4 Å². The molecule has 0 spiro atoms. The summed E-state index contributed by atoms with van der Waals surface area (Å²) >= 11 is 1.43. The van der Waals surface area contributed by atoms with Gasteiger partial charge >= 0.3 is 6.09 Å². The molecule has 3 aliphatic rings. The van der Waals surface area contributed by atoms with Gasteiger partial charge in [-0.05, 0) is 58.6 Å². The molecule has 0 radical (unpaired) electrons. The van der Waals surface area contributed by atoms with Crippen LogP contribution in [0.15, 0.2) is 17.0 Å². The summed E-state index contributed by atoms with van der Waals surface area (Å²) in [6.45, 7) is 6.72. The molecule has 3 amide bonds. The van der Waals surface area contributed by atoms with Gasteiger partial charge in [-0.2, -0.15) is 0 Å². The first-order valence-electron chi connectivity index (χ1n) is 10.5. The van der Waals surface area contributed by atoms with E-state index < -0.39 is 5.60 Å². The van der Waals surface area contributed by atoms with Crippen molar-refractivity contribution in [3.8, 4) is 0 Å². The number of carbonyl (C=O) groups is 3. The Balaban J connectivity index is 1.44. The second kappa shape index (κ2) is 8.09. The number of hydrogen-bond donors (Lipinski definition) is 1. The predicted octanol–water partition coefficient (Wildman–Crippen LogP) is 3.13. The maximum Gasteiger partial charge on any atom is 0.410 e. The molecule has 1 aromatic rings. The molecule has 3 heterocycles. The quantitative estimate of drug-likeness (QED) is 0.789. The summed E-state index contributed by atoms with van der Waals surface area (Å²) in [6.07, 6.45) is 3.14. The average Bonchev–Trinajstić information content (AvgIpc) is 3.51. The molecular formula is C21H28N4O4S. The second-order valence-electron chi connectivity index (χ2n) is 9.02. The van der Waals surface area contributed by atoms with E-state index in [1.165, 1.54) is 11.8 Å². The zero-order valence-corrected chi connectivity index (χ0v) is 18.5. The van der Waals surface area contributed by atoms with E-state index in [1.54, 1.807) is 11.0 Å². The zero-order chi connectivity index (χ0) is 21.5. The van der Waals surface area contributed by atoms with Crippen LogP contribution >= 0.6 is 11.8 Å². The van der Waals surface area contributed by atoms with E-state index in [0.717, 1.165) is 30.6 Å². The van der Waals surface area contributed by atoms with Crippen LogP contribution in [0.2, 0.25) is 0 Å². The highest BCUT2D eigenvalue weighted by atomic mass is 32.2. The molecular weight excluding hydrogens is 404 g/mol. The highest BCUT2D eigenvalue weighted by molar-refractivity contribution is 8.00. The Labute approximate surface area is 180 Å². The summed E-state index contributed by atoms with van der Waals surface area (Å²) in [4.78, 5) is 46.3. The molecule has 2 aliphatic heterocycles. The van der Waals surface area contributed by atoms with Crippen LogP contribution < -0.4 is 5.32 Å². The van der Waals surface area contributed by atoms with Gasteiger partial charge in [0.15, 0.2) is 0 Å². The summed E-state index contributed by atoms with van der Waals surface area (Å²) in [5.41, 5.74) is -0.159. The number of carbonyl (C=O) groups excluding carboxylic acids is 3. The Morgan fingerprint density at radius 3 is 2.47 bits per heavy atom. The summed E-state index contributed by atoms with van der Waals surface area (Å²) in [5, 5.41) is 2.76. The minimum Gasteiger partial charge on any atom is -0.444 e. The minimum absolute atomic E-state index is 0.0745. The third-order valence-electron chi connectivity index (χ3n) is 5.38. The highest BCUT2D eigenvalue weighted by Gasteiger charge is 2.40. The van der Waals surface area contributed by atoms with Gasteiger partial charge in [0.25, 0.3) is 5.91 Å². The monoisotopic (exact) mass is 432 g/mol. The zero-order valence-electron chi connectivity index (χ0n) is 17.6. The van der Waals surface area contributed by atoms with Crippen LogP contribution in [-0.4, -0.2) is 69.2 Å². The van der Waals surface area contributed by atoms with E-state index in [2.05, 4.69) is 10.3 Å². The number of rotatable bonds is 3. The fourth-order valence-corrected chi connectivity index (χ4v) is 4.61. The molecule has 2 fully saturated rings. The molecule has 1 saturated heterocycles. The number of amides is 3. The average molecular weight is 433 g/mol. The third kappa shape index (κ3) is 4.71. The normalized spacial score (nSPS) is 19.7. The molecule has 162 valence electrons. The molecule has 1 aliphatic carbocycles. The standard InChI is InChI=1S/C21H28N4O4S/c1-21(2,3)29-20(28)24-10-8-14(9-11-24)25(13-4-5-13)19(27)15-6-7-16-18(22-15)23-17(26)12-30-16/h6-7,13-14H,4-5,8-12H2,1-3H3,(H,22,23,26). The lowest BCUT2D eigenvalue weighted by atomic mass is 10.0. The minimum atomic E-state index is -0.518. The van der Waals surface area contributed by atoms with Crippen molar-refractivity contribution in [3.05, 3.63) is 17.8 Å². The van der Waals surface area contributed by atoms with E-state index in [0.29, 0.717) is 30.4 Å². The highest BCUT2D eigenvalue weighted by Crippen LogP contribution is 2.35. The Bertz CT molecular complexity index is 857. The number of likely N-dealkylation sites (tertiary alicyclic amines) is 1. The van der Waals surface area contributed by atoms with Crippen LogP contribution in [0.5, 0.6) is 0 Å². The molecule has 0 aromatic carbocycles. The fourth-order valence-electron chi connectivity index (χ4n) is 3.85. The van der Waals surface area contributed by atoms with Crippen LogP contribution in [0.4, 0.5) is 10.6 Å². The number of nitrogens with zero attached hydrogens (tertiary/aromatic N) is 3. The first-order chi connectivity index (χ1) is 14.2. The van der Waals surface area contributed by atoms with Crippen LogP contribution in [-0.2, 0) is 9.53 Å². The number of anilines is 1. The first-order valence-corrected chi connectivity index (χ1v) is 11.4. The summed E-state index contributed by atoms with van der Waals surface area (Å²) < 4.78 is 5.47. The van der Waals surface area contributed by atoms with Crippen molar-refractivity contribution in [2.45, 2.75) is 69.0 Å². The Morgan fingerprint density at radius 2 is 1.83 bits per heavy atom. The van der Waals surface area contributed by atoms with Gasteiger partial charge in [0.05, 0.1) is 10.6 Å². The molecule has 1 aromatic heterocycles. The van der Waals surface area contributed by atoms with Gasteiger partial charge in [-0.15, -0.1) is 11.8 Å². The Kier molecular flexibility index (Phi) is 5.65. The van der Waals surface area contributed by atoms with Crippen molar-refractivity contribution in [2.75, 3.05) is 24.2 Å². The van der Waals surface area contributed by atoms with Gasteiger partial charge in [-0.1, -0.05) is 0 Å². The van der Waals surface area contributed by atoms with Crippen molar-refractivity contribution in [3.63, 3.8) is 0 Å². The van der Waals surface area contributed by atoms with E-state index >= 15 is 0 Å². The molecule has 1 N–H and O–H groups in total. The predicted molar refractivity (Wildman–Crippen MR) is 114 cm³/mol. The number of piperidine rings is 1. The van der Waals surface area contributed by atoms with Crippen molar-refractivity contribution in [2.24, 2.45) is 0 Å². The first kappa shape index (κ1) is 21.0. The lowest BCUT2D eigenvalue weighted by Crippen LogP contribution is -2.50. The van der Waals surface area contributed by atoms with Crippen molar-refractivity contribution in [1.82, 2.24) is 14.8 Å². The van der Waals surface area contributed by atoms with Gasteiger partial charge in [0.1, 0.15) is 17.1 Å².